The SMILES string of the molecule is O=C1C(Cl)CCCN1Cl. The molecule has 0 spiro atoms. The Morgan fingerprint density at radius 2 is 2.33 bits per heavy atom. The molecule has 0 aromatic carbocycles. The van der Waals surface area contributed by atoms with Crippen LogP contribution in [-0.2, 0) is 4.79 Å². The van der Waals surface area contributed by atoms with Gasteiger partial charge in [0.1, 0.15) is 5.38 Å². The molecule has 1 amide bonds. The van der Waals surface area contributed by atoms with Gasteiger partial charge in [-0.2, -0.15) is 0 Å². The molecule has 1 fully saturated rings. The molecule has 0 aromatic rings. The summed E-state index contributed by atoms with van der Waals surface area (Å²) in [7, 11) is 0. The largest absolute Gasteiger partial charge is 0.272 e. The van der Waals surface area contributed by atoms with E-state index in [-0.39, 0.29) is 5.91 Å². The van der Waals surface area contributed by atoms with Gasteiger partial charge in [0.25, 0.3) is 5.91 Å². The van der Waals surface area contributed by atoms with Crippen LogP contribution in [-0.4, -0.2) is 22.2 Å². The van der Waals surface area contributed by atoms with Crippen LogP contribution < -0.4 is 0 Å². The fourth-order valence-corrected chi connectivity index (χ4v) is 1.35. The summed E-state index contributed by atoms with van der Waals surface area (Å²) in [6, 6.07) is 0. The van der Waals surface area contributed by atoms with Crippen molar-refractivity contribution in [2.24, 2.45) is 0 Å². The highest BCUT2D eigenvalue weighted by atomic mass is 35.5. The molecule has 1 rings (SSSR count). The number of amides is 1. The van der Waals surface area contributed by atoms with Gasteiger partial charge in [-0.25, -0.2) is 0 Å². The molecular formula is C5H7Cl2NO. The van der Waals surface area contributed by atoms with Gasteiger partial charge >= 0.3 is 0 Å². The number of rotatable bonds is 0. The van der Waals surface area contributed by atoms with Crippen molar-refractivity contribution in [2.75, 3.05) is 6.54 Å². The lowest BCUT2D eigenvalue weighted by Gasteiger charge is -2.22. The summed E-state index contributed by atoms with van der Waals surface area (Å²) in [5.74, 6) is -0.162. The molecule has 0 aliphatic carbocycles. The molecule has 2 nitrogen and oxygen atoms in total. The van der Waals surface area contributed by atoms with E-state index in [9.17, 15) is 4.79 Å². The number of alkyl halides is 1. The Bertz CT molecular complexity index is 116. The van der Waals surface area contributed by atoms with Gasteiger partial charge in [-0.1, -0.05) is 0 Å². The number of hydrogen-bond donors (Lipinski definition) is 0. The van der Waals surface area contributed by atoms with E-state index in [0.717, 1.165) is 17.3 Å². The highest BCUT2D eigenvalue weighted by Gasteiger charge is 2.25. The van der Waals surface area contributed by atoms with Gasteiger partial charge in [0.2, 0.25) is 0 Å². The minimum absolute atomic E-state index is 0.162. The summed E-state index contributed by atoms with van der Waals surface area (Å²) in [4.78, 5) is 10.8. The van der Waals surface area contributed by atoms with Crippen molar-refractivity contribution in [3.05, 3.63) is 0 Å². The third-order valence-electron chi connectivity index (χ3n) is 1.32. The molecule has 1 atom stereocenters. The first-order valence-corrected chi connectivity index (χ1v) is 3.60. The van der Waals surface area contributed by atoms with Gasteiger partial charge in [-0.15, -0.1) is 11.6 Å². The topological polar surface area (TPSA) is 20.3 Å². The van der Waals surface area contributed by atoms with Crippen LogP contribution in [0.5, 0.6) is 0 Å². The molecule has 0 saturated carbocycles. The fraction of sp³-hybridized carbons (Fsp3) is 0.800. The Balaban J connectivity index is 2.52. The minimum Gasteiger partial charge on any atom is -0.272 e. The van der Waals surface area contributed by atoms with Crippen LogP contribution in [0.1, 0.15) is 12.8 Å². The van der Waals surface area contributed by atoms with E-state index >= 15 is 0 Å². The van der Waals surface area contributed by atoms with Crippen molar-refractivity contribution in [3.8, 4) is 0 Å². The maximum atomic E-state index is 10.8. The van der Waals surface area contributed by atoms with Gasteiger partial charge in [-0.3, -0.25) is 9.21 Å². The van der Waals surface area contributed by atoms with Crippen molar-refractivity contribution in [3.63, 3.8) is 0 Å². The standard InChI is InChI=1S/C5H7Cl2NO/c6-4-2-1-3-8(7)5(4)9/h4H,1-3H2. The smallest absolute Gasteiger partial charge is 0.254 e. The molecule has 1 aliphatic heterocycles. The number of piperidine rings is 1. The number of nitrogens with zero attached hydrogens (tertiary/aromatic N) is 1. The third kappa shape index (κ3) is 1.49. The predicted octanol–water partition coefficient (Wildman–Crippen LogP) is 1.37. The molecule has 1 heterocycles. The second-order valence-electron chi connectivity index (χ2n) is 2.03. The second kappa shape index (κ2) is 2.76. The maximum Gasteiger partial charge on any atom is 0.254 e. The van der Waals surface area contributed by atoms with E-state index in [1.807, 2.05) is 0 Å². The number of halogens is 2. The molecule has 1 saturated heterocycles. The van der Waals surface area contributed by atoms with Crippen molar-refractivity contribution in [1.82, 2.24) is 4.42 Å². The average Bonchev–Trinajstić information content (AvgIpc) is 1.83. The van der Waals surface area contributed by atoms with Crippen molar-refractivity contribution in [2.45, 2.75) is 18.2 Å². The zero-order valence-electron chi connectivity index (χ0n) is 4.81. The molecule has 0 radical (unpaired) electrons. The first-order chi connectivity index (χ1) is 4.22. The van der Waals surface area contributed by atoms with E-state index in [4.69, 9.17) is 23.4 Å². The van der Waals surface area contributed by atoms with Gasteiger partial charge in [-0.05, 0) is 12.8 Å². The number of carbonyl (C=O) groups excluding carboxylic acids is 1. The lowest BCUT2D eigenvalue weighted by atomic mass is 10.1. The van der Waals surface area contributed by atoms with Crippen molar-refractivity contribution in [1.29, 1.82) is 0 Å². The van der Waals surface area contributed by atoms with Crippen molar-refractivity contribution >= 4 is 29.3 Å². The normalized spacial score (nSPS) is 28.9. The first kappa shape index (κ1) is 7.16. The Morgan fingerprint density at radius 1 is 1.67 bits per heavy atom. The molecule has 9 heavy (non-hydrogen) atoms. The van der Waals surface area contributed by atoms with Crippen molar-refractivity contribution < 1.29 is 4.79 Å². The summed E-state index contributed by atoms with van der Waals surface area (Å²) < 4.78 is 1.15. The van der Waals surface area contributed by atoms with Crippen LogP contribution in [0.25, 0.3) is 0 Å². The Labute approximate surface area is 63.8 Å². The quantitative estimate of drug-likeness (QED) is 0.395. The Hall–Kier alpha value is 0.0500. The predicted molar refractivity (Wildman–Crippen MR) is 36.4 cm³/mol. The highest BCUT2D eigenvalue weighted by Crippen LogP contribution is 2.17. The number of carbonyl (C=O) groups is 1. The monoisotopic (exact) mass is 167 g/mol. The van der Waals surface area contributed by atoms with Gasteiger partial charge in [0.15, 0.2) is 0 Å². The molecule has 52 valence electrons. The fourth-order valence-electron chi connectivity index (χ4n) is 0.795. The molecule has 1 aliphatic rings. The van der Waals surface area contributed by atoms with Gasteiger partial charge < -0.3 is 0 Å². The Kier molecular flexibility index (Phi) is 2.19. The summed E-state index contributed by atoms with van der Waals surface area (Å²) in [6.45, 7) is 0.629. The molecule has 4 heteroatoms. The maximum absolute atomic E-state index is 10.8. The zero-order chi connectivity index (χ0) is 6.85. The highest BCUT2D eigenvalue weighted by molar-refractivity contribution is 6.35. The van der Waals surface area contributed by atoms with Crippen LogP contribution in [0.3, 0.4) is 0 Å². The zero-order valence-corrected chi connectivity index (χ0v) is 6.32. The number of hydrogen-bond acceptors (Lipinski definition) is 1. The van der Waals surface area contributed by atoms with Crippen LogP contribution in [0, 0.1) is 0 Å². The minimum atomic E-state index is -0.392. The average molecular weight is 168 g/mol. The van der Waals surface area contributed by atoms with Crippen LogP contribution in [0.2, 0.25) is 0 Å². The molecule has 1 unspecified atom stereocenters. The summed E-state index contributed by atoms with van der Waals surface area (Å²) in [5, 5.41) is -0.392. The molecular weight excluding hydrogens is 161 g/mol. The summed E-state index contributed by atoms with van der Waals surface area (Å²) in [6.07, 6.45) is 1.66. The first-order valence-electron chi connectivity index (χ1n) is 2.83. The Morgan fingerprint density at radius 3 is 2.78 bits per heavy atom. The second-order valence-corrected chi connectivity index (χ2v) is 2.97. The lowest BCUT2D eigenvalue weighted by Crippen LogP contribution is -2.35. The summed E-state index contributed by atoms with van der Waals surface area (Å²) in [5.41, 5.74) is 0. The third-order valence-corrected chi connectivity index (χ3v) is 2.06. The van der Waals surface area contributed by atoms with Crippen LogP contribution in [0.4, 0.5) is 0 Å². The van der Waals surface area contributed by atoms with E-state index < -0.39 is 5.38 Å². The molecule has 0 bridgehead atoms. The van der Waals surface area contributed by atoms with Crippen LogP contribution >= 0.6 is 23.4 Å². The van der Waals surface area contributed by atoms with Gasteiger partial charge in [0, 0.05) is 18.3 Å². The van der Waals surface area contributed by atoms with E-state index in [2.05, 4.69) is 0 Å². The van der Waals surface area contributed by atoms with Crippen LogP contribution in [0.15, 0.2) is 0 Å². The summed E-state index contributed by atoms with van der Waals surface area (Å²) >= 11 is 11.0. The molecule has 0 N–H and O–H groups in total. The van der Waals surface area contributed by atoms with E-state index in [1.54, 1.807) is 0 Å². The lowest BCUT2D eigenvalue weighted by molar-refractivity contribution is -0.127. The van der Waals surface area contributed by atoms with E-state index in [0.29, 0.717) is 6.54 Å². The molecule has 0 aromatic heterocycles. The van der Waals surface area contributed by atoms with Gasteiger partial charge in [0.05, 0.1) is 0 Å². The van der Waals surface area contributed by atoms with E-state index in [1.165, 1.54) is 0 Å².